The van der Waals surface area contributed by atoms with Gasteiger partial charge in [-0.15, -0.1) is 0 Å². The number of anilines is 1. The second-order valence-corrected chi connectivity index (χ2v) is 5.09. The molecule has 0 amide bonds. The number of rotatable bonds is 3. The molecule has 0 atom stereocenters. The molecule has 0 radical (unpaired) electrons. The van der Waals surface area contributed by atoms with Crippen LogP contribution in [-0.4, -0.2) is 5.11 Å². The number of thiocarbonyl (C=S) groups is 1. The largest absolute Gasteiger partial charge is 0.358 e. The highest BCUT2D eigenvalue weighted by molar-refractivity contribution is 7.80. The predicted molar refractivity (Wildman–Crippen MR) is 85.7 cm³/mol. The van der Waals surface area contributed by atoms with Gasteiger partial charge in [-0.05, 0) is 36.8 Å². The molecule has 2 N–H and O–H groups in total. The van der Waals surface area contributed by atoms with E-state index in [0.29, 0.717) is 16.7 Å². The Morgan fingerprint density at radius 3 is 2.68 bits per heavy atom. The summed E-state index contributed by atoms with van der Waals surface area (Å²) in [5.41, 5.74) is 3.25. The maximum absolute atomic E-state index is 6.06. The zero-order chi connectivity index (χ0) is 13.7. The van der Waals surface area contributed by atoms with Crippen LogP contribution in [0, 0.1) is 6.92 Å². The van der Waals surface area contributed by atoms with Crippen LogP contribution in [0.25, 0.3) is 0 Å². The number of halogens is 1. The number of hydrogen-bond donors (Lipinski definition) is 2. The molecule has 0 aromatic heterocycles. The van der Waals surface area contributed by atoms with Crippen LogP contribution in [0.5, 0.6) is 0 Å². The summed E-state index contributed by atoms with van der Waals surface area (Å²) in [6.45, 7) is 2.77. The van der Waals surface area contributed by atoms with Crippen LogP contribution in [0.15, 0.2) is 48.5 Å². The summed E-state index contributed by atoms with van der Waals surface area (Å²) >= 11 is 11.3. The van der Waals surface area contributed by atoms with E-state index in [1.807, 2.05) is 30.3 Å². The summed E-state index contributed by atoms with van der Waals surface area (Å²) < 4.78 is 0. The molecule has 2 aromatic rings. The van der Waals surface area contributed by atoms with Crippen molar-refractivity contribution in [2.75, 3.05) is 5.32 Å². The zero-order valence-electron chi connectivity index (χ0n) is 10.6. The number of para-hydroxylation sites is 1. The highest BCUT2D eigenvalue weighted by Crippen LogP contribution is 2.20. The monoisotopic (exact) mass is 290 g/mol. The first-order valence-corrected chi connectivity index (χ1v) is 6.79. The standard InChI is InChI=1S/C15H15ClN2S/c1-11-5-4-6-12(9-11)10-17-15(19)18-14-8-3-2-7-13(14)16/h2-9H,10H2,1H3,(H2,17,18,19). The molecule has 0 spiro atoms. The summed E-state index contributed by atoms with van der Waals surface area (Å²) in [5.74, 6) is 0. The lowest BCUT2D eigenvalue weighted by Crippen LogP contribution is -2.28. The van der Waals surface area contributed by atoms with E-state index in [0.717, 1.165) is 5.69 Å². The molecule has 0 bridgehead atoms. The Bertz CT molecular complexity index is 584. The van der Waals surface area contributed by atoms with Crippen LogP contribution < -0.4 is 10.6 Å². The van der Waals surface area contributed by atoms with Crippen molar-refractivity contribution in [2.24, 2.45) is 0 Å². The first-order valence-electron chi connectivity index (χ1n) is 6.00. The first kappa shape index (κ1) is 13.8. The van der Waals surface area contributed by atoms with E-state index in [9.17, 15) is 0 Å². The molecule has 4 heteroatoms. The first-order chi connectivity index (χ1) is 9.15. The molecule has 0 unspecified atom stereocenters. The van der Waals surface area contributed by atoms with Gasteiger partial charge in [0.15, 0.2) is 5.11 Å². The maximum Gasteiger partial charge on any atom is 0.171 e. The van der Waals surface area contributed by atoms with Crippen LogP contribution in [0.4, 0.5) is 5.69 Å². The molecule has 0 aliphatic rings. The van der Waals surface area contributed by atoms with Crippen molar-refractivity contribution >= 4 is 34.6 Å². The van der Waals surface area contributed by atoms with Gasteiger partial charge >= 0.3 is 0 Å². The lowest BCUT2D eigenvalue weighted by molar-refractivity contribution is 0.924. The second kappa shape index (κ2) is 6.55. The average Bonchev–Trinajstić information content (AvgIpc) is 2.39. The molecule has 19 heavy (non-hydrogen) atoms. The minimum atomic E-state index is 0.564. The molecular weight excluding hydrogens is 276 g/mol. The van der Waals surface area contributed by atoms with Gasteiger partial charge < -0.3 is 10.6 Å². The van der Waals surface area contributed by atoms with Gasteiger partial charge in [0.25, 0.3) is 0 Å². The van der Waals surface area contributed by atoms with Crippen molar-refractivity contribution in [3.63, 3.8) is 0 Å². The van der Waals surface area contributed by atoms with Crippen molar-refractivity contribution in [1.29, 1.82) is 0 Å². The third kappa shape index (κ3) is 4.23. The predicted octanol–water partition coefficient (Wildman–Crippen LogP) is 4.14. The van der Waals surface area contributed by atoms with E-state index < -0.39 is 0 Å². The van der Waals surface area contributed by atoms with Gasteiger partial charge in [0.05, 0.1) is 10.7 Å². The Morgan fingerprint density at radius 1 is 1.16 bits per heavy atom. The molecule has 0 heterocycles. The van der Waals surface area contributed by atoms with Gasteiger partial charge in [-0.1, -0.05) is 53.6 Å². The fraction of sp³-hybridized carbons (Fsp3) is 0.133. The van der Waals surface area contributed by atoms with Crippen LogP contribution in [0.2, 0.25) is 5.02 Å². The van der Waals surface area contributed by atoms with Gasteiger partial charge in [0, 0.05) is 6.54 Å². The number of nitrogens with one attached hydrogen (secondary N) is 2. The van der Waals surface area contributed by atoms with E-state index in [4.69, 9.17) is 23.8 Å². The third-order valence-corrected chi connectivity index (χ3v) is 3.23. The second-order valence-electron chi connectivity index (χ2n) is 4.28. The summed E-state index contributed by atoms with van der Waals surface area (Å²) in [6, 6.07) is 15.8. The van der Waals surface area contributed by atoms with Crippen molar-refractivity contribution in [3.8, 4) is 0 Å². The fourth-order valence-electron chi connectivity index (χ4n) is 1.73. The Kier molecular flexibility index (Phi) is 4.77. The summed E-state index contributed by atoms with van der Waals surface area (Å²) in [6.07, 6.45) is 0. The van der Waals surface area contributed by atoms with Gasteiger partial charge in [-0.25, -0.2) is 0 Å². The quantitative estimate of drug-likeness (QED) is 0.831. The molecule has 0 saturated heterocycles. The maximum atomic E-state index is 6.06. The number of hydrogen-bond acceptors (Lipinski definition) is 1. The highest BCUT2D eigenvalue weighted by Gasteiger charge is 2.01. The molecule has 0 aliphatic carbocycles. The highest BCUT2D eigenvalue weighted by atomic mass is 35.5. The lowest BCUT2D eigenvalue weighted by Gasteiger charge is -2.11. The minimum Gasteiger partial charge on any atom is -0.358 e. The van der Waals surface area contributed by atoms with Crippen LogP contribution in [0.3, 0.4) is 0 Å². The van der Waals surface area contributed by atoms with Crippen molar-refractivity contribution in [1.82, 2.24) is 5.32 Å². The molecular formula is C15H15ClN2S. The zero-order valence-corrected chi connectivity index (χ0v) is 12.2. The number of aryl methyl sites for hydroxylation is 1. The molecule has 0 aliphatic heterocycles. The van der Waals surface area contributed by atoms with E-state index in [1.54, 1.807) is 0 Å². The molecule has 0 saturated carbocycles. The Balaban J connectivity index is 1.90. The van der Waals surface area contributed by atoms with Crippen molar-refractivity contribution in [3.05, 3.63) is 64.7 Å². The fourth-order valence-corrected chi connectivity index (χ4v) is 2.10. The van der Waals surface area contributed by atoms with Crippen molar-refractivity contribution < 1.29 is 0 Å². The molecule has 2 nitrogen and oxygen atoms in total. The van der Waals surface area contributed by atoms with Crippen molar-refractivity contribution in [2.45, 2.75) is 13.5 Å². The van der Waals surface area contributed by atoms with E-state index >= 15 is 0 Å². The summed E-state index contributed by atoms with van der Waals surface area (Å²) in [5, 5.41) is 7.47. The Labute approximate surface area is 123 Å². The van der Waals surface area contributed by atoms with Gasteiger partial charge in [-0.3, -0.25) is 0 Å². The summed E-state index contributed by atoms with van der Waals surface area (Å²) in [7, 11) is 0. The van der Waals surface area contributed by atoms with Gasteiger partial charge in [0.2, 0.25) is 0 Å². The normalized spacial score (nSPS) is 10.0. The molecule has 98 valence electrons. The van der Waals surface area contributed by atoms with Crippen LogP contribution >= 0.6 is 23.8 Å². The van der Waals surface area contributed by atoms with Crippen LogP contribution in [0.1, 0.15) is 11.1 Å². The average molecular weight is 291 g/mol. The van der Waals surface area contributed by atoms with Gasteiger partial charge in [-0.2, -0.15) is 0 Å². The third-order valence-electron chi connectivity index (χ3n) is 2.66. The summed E-state index contributed by atoms with van der Waals surface area (Å²) in [4.78, 5) is 0. The van der Waals surface area contributed by atoms with Gasteiger partial charge in [0.1, 0.15) is 0 Å². The van der Waals surface area contributed by atoms with Crippen LogP contribution in [-0.2, 0) is 6.54 Å². The van der Waals surface area contributed by atoms with E-state index in [-0.39, 0.29) is 0 Å². The molecule has 2 aromatic carbocycles. The smallest absolute Gasteiger partial charge is 0.171 e. The molecule has 0 fully saturated rings. The Hall–Kier alpha value is -1.58. The van der Waals surface area contributed by atoms with E-state index in [1.165, 1.54) is 11.1 Å². The lowest BCUT2D eigenvalue weighted by atomic mass is 10.1. The van der Waals surface area contributed by atoms with E-state index in [2.05, 4.69) is 35.8 Å². The molecule has 2 rings (SSSR count). The number of benzene rings is 2. The Morgan fingerprint density at radius 2 is 1.95 bits per heavy atom. The minimum absolute atomic E-state index is 0.564. The SMILES string of the molecule is Cc1cccc(CNC(=S)Nc2ccccc2Cl)c1. The topological polar surface area (TPSA) is 24.1 Å².